The van der Waals surface area contributed by atoms with Crippen molar-refractivity contribution >= 4 is 45.8 Å². The zero-order valence-electron chi connectivity index (χ0n) is 9.18. The van der Waals surface area contributed by atoms with Crippen molar-refractivity contribution in [3.63, 3.8) is 0 Å². The van der Waals surface area contributed by atoms with Crippen LogP contribution in [0, 0.1) is 3.57 Å². The lowest BCUT2D eigenvalue weighted by Crippen LogP contribution is -2.37. The molecule has 1 aromatic rings. The van der Waals surface area contributed by atoms with Gasteiger partial charge in [0, 0.05) is 10.1 Å². The molecule has 0 heterocycles. The number of benzene rings is 1. The molecule has 1 unspecified atom stereocenters. The fraction of sp³-hybridized carbons (Fsp3) is 0.364. The van der Waals surface area contributed by atoms with E-state index in [1.165, 1.54) is 0 Å². The van der Waals surface area contributed by atoms with Gasteiger partial charge in [-0.2, -0.15) is 0 Å². The summed E-state index contributed by atoms with van der Waals surface area (Å²) < 4.78 is 1.07. The van der Waals surface area contributed by atoms with Crippen LogP contribution in [0.3, 0.4) is 0 Å². The lowest BCUT2D eigenvalue weighted by atomic mass is 10.2. The molecule has 0 spiro atoms. The van der Waals surface area contributed by atoms with Crippen molar-refractivity contribution in [3.8, 4) is 0 Å². The third-order valence-corrected chi connectivity index (χ3v) is 3.03. The molecule has 0 bridgehead atoms. The molecule has 0 fully saturated rings. The molecule has 1 atom stereocenters. The normalized spacial score (nSPS) is 12.0. The fourth-order valence-electron chi connectivity index (χ4n) is 1.23. The first-order valence-corrected chi connectivity index (χ1v) is 6.49. The van der Waals surface area contributed by atoms with Crippen LogP contribution in [0.25, 0.3) is 0 Å². The quantitative estimate of drug-likeness (QED) is 0.818. The topological polar surface area (TPSA) is 41.1 Å². The Morgan fingerprint density at radius 1 is 1.56 bits per heavy atom. The zero-order chi connectivity index (χ0) is 12.1. The summed E-state index contributed by atoms with van der Waals surface area (Å²) in [6, 6.07) is 5.38. The molecule has 5 heteroatoms. The Balaban J connectivity index is 2.69. The number of likely N-dealkylation sites (N-methyl/N-ethyl adjacent to an activating group) is 1. The highest BCUT2D eigenvalue weighted by molar-refractivity contribution is 14.1. The van der Waals surface area contributed by atoms with E-state index in [0.29, 0.717) is 11.6 Å². The van der Waals surface area contributed by atoms with Crippen LogP contribution in [-0.4, -0.2) is 18.5 Å². The lowest BCUT2D eigenvalue weighted by molar-refractivity contribution is -0.121. The maximum Gasteiger partial charge on any atom is 0.242 e. The predicted molar refractivity (Wildman–Crippen MR) is 75.9 cm³/mol. The molecule has 3 nitrogen and oxygen atoms in total. The second-order valence-corrected chi connectivity index (χ2v) is 5.04. The van der Waals surface area contributed by atoms with Gasteiger partial charge in [-0.05, 0) is 54.6 Å². The summed E-state index contributed by atoms with van der Waals surface area (Å²) in [5.74, 6) is -0.0304. The Hall–Kier alpha value is -0.490. The second kappa shape index (κ2) is 6.30. The van der Waals surface area contributed by atoms with Crippen LogP contribution >= 0.6 is 34.2 Å². The van der Waals surface area contributed by atoms with Crippen LogP contribution in [0.1, 0.15) is 13.8 Å². The minimum absolute atomic E-state index is 0.0304. The molecule has 1 rings (SSSR count). The van der Waals surface area contributed by atoms with E-state index in [9.17, 15) is 4.79 Å². The summed E-state index contributed by atoms with van der Waals surface area (Å²) in [6.45, 7) is 4.33. The van der Waals surface area contributed by atoms with Crippen LogP contribution in [0.4, 0.5) is 5.69 Å². The first-order valence-electron chi connectivity index (χ1n) is 5.04. The summed E-state index contributed by atoms with van der Waals surface area (Å²) in [4.78, 5) is 11.5. The number of nitrogens with one attached hydrogen (secondary N) is 2. The fourth-order valence-corrected chi connectivity index (χ4v) is 2.14. The van der Waals surface area contributed by atoms with E-state index in [1.54, 1.807) is 6.92 Å². The van der Waals surface area contributed by atoms with Gasteiger partial charge in [0.15, 0.2) is 0 Å². The van der Waals surface area contributed by atoms with Gasteiger partial charge >= 0.3 is 0 Å². The Kier molecular flexibility index (Phi) is 5.34. The Bertz CT molecular complexity index is 384. The first kappa shape index (κ1) is 13.6. The molecule has 0 aliphatic carbocycles. The summed E-state index contributed by atoms with van der Waals surface area (Å²) >= 11 is 8.25. The number of anilines is 1. The molecule has 0 radical (unpaired) electrons. The lowest BCUT2D eigenvalue weighted by Gasteiger charge is -2.15. The molecule has 16 heavy (non-hydrogen) atoms. The van der Waals surface area contributed by atoms with Gasteiger partial charge in [0.1, 0.15) is 6.04 Å². The number of amides is 1. The number of carbonyl (C=O) groups is 1. The van der Waals surface area contributed by atoms with E-state index in [2.05, 4.69) is 33.2 Å². The molecule has 0 saturated carbocycles. The molecule has 2 N–H and O–H groups in total. The minimum atomic E-state index is -0.294. The standard InChI is InChI=1S/C11H14ClIN2O/c1-3-14-11(16)7(2)15-10-5-4-8(13)6-9(10)12/h4-7,15H,3H2,1-2H3,(H,14,16). The number of halogens is 2. The number of rotatable bonds is 4. The molecule has 1 amide bonds. The smallest absolute Gasteiger partial charge is 0.242 e. The van der Waals surface area contributed by atoms with Gasteiger partial charge in [-0.1, -0.05) is 11.6 Å². The van der Waals surface area contributed by atoms with Gasteiger partial charge in [-0.25, -0.2) is 0 Å². The highest BCUT2D eigenvalue weighted by Gasteiger charge is 2.12. The van der Waals surface area contributed by atoms with Crippen LogP contribution in [0.15, 0.2) is 18.2 Å². The van der Waals surface area contributed by atoms with Crippen molar-refractivity contribution in [1.82, 2.24) is 5.32 Å². The molecule has 0 saturated heterocycles. The van der Waals surface area contributed by atoms with Crippen molar-refractivity contribution in [3.05, 3.63) is 26.8 Å². The van der Waals surface area contributed by atoms with E-state index in [1.807, 2.05) is 25.1 Å². The van der Waals surface area contributed by atoms with Gasteiger partial charge in [-0.3, -0.25) is 4.79 Å². The predicted octanol–water partition coefficient (Wildman–Crippen LogP) is 2.88. The summed E-state index contributed by atoms with van der Waals surface area (Å²) in [7, 11) is 0. The van der Waals surface area contributed by atoms with E-state index >= 15 is 0 Å². The van der Waals surface area contributed by atoms with E-state index in [-0.39, 0.29) is 11.9 Å². The van der Waals surface area contributed by atoms with E-state index < -0.39 is 0 Å². The molecule has 0 aliphatic rings. The highest BCUT2D eigenvalue weighted by Crippen LogP contribution is 2.24. The Morgan fingerprint density at radius 2 is 2.25 bits per heavy atom. The van der Waals surface area contributed by atoms with Gasteiger partial charge in [-0.15, -0.1) is 0 Å². The van der Waals surface area contributed by atoms with Gasteiger partial charge in [0.25, 0.3) is 0 Å². The van der Waals surface area contributed by atoms with Crippen molar-refractivity contribution in [2.45, 2.75) is 19.9 Å². The van der Waals surface area contributed by atoms with Gasteiger partial charge < -0.3 is 10.6 Å². The van der Waals surface area contributed by atoms with Crippen LogP contribution in [0.2, 0.25) is 5.02 Å². The highest BCUT2D eigenvalue weighted by atomic mass is 127. The summed E-state index contributed by atoms with van der Waals surface area (Å²) in [5, 5.41) is 6.45. The van der Waals surface area contributed by atoms with Gasteiger partial charge in [0.2, 0.25) is 5.91 Å². The zero-order valence-corrected chi connectivity index (χ0v) is 12.1. The molecule has 1 aromatic carbocycles. The maximum atomic E-state index is 11.5. The average molecular weight is 353 g/mol. The van der Waals surface area contributed by atoms with Crippen molar-refractivity contribution in [2.75, 3.05) is 11.9 Å². The van der Waals surface area contributed by atoms with Gasteiger partial charge in [0.05, 0.1) is 10.7 Å². The second-order valence-electron chi connectivity index (χ2n) is 3.38. The third-order valence-electron chi connectivity index (χ3n) is 2.05. The van der Waals surface area contributed by atoms with Crippen LogP contribution in [-0.2, 0) is 4.79 Å². The number of hydrogen-bond acceptors (Lipinski definition) is 2. The molecule has 0 aromatic heterocycles. The van der Waals surface area contributed by atoms with Crippen molar-refractivity contribution in [2.24, 2.45) is 0 Å². The first-order chi connectivity index (χ1) is 7.54. The molecule has 0 aliphatic heterocycles. The van der Waals surface area contributed by atoms with E-state index in [0.717, 1.165) is 9.26 Å². The SMILES string of the molecule is CCNC(=O)C(C)Nc1ccc(I)cc1Cl. The Morgan fingerprint density at radius 3 is 2.81 bits per heavy atom. The summed E-state index contributed by atoms with van der Waals surface area (Å²) in [6.07, 6.45) is 0. The molecule has 88 valence electrons. The third kappa shape index (κ3) is 3.83. The van der Waals surface area contributed by atoms with Crippen molar-refractivity contribution < 1.29 is 4.79 Å². The van der Waals surface area contributed by atoms with Crippen LogP contribution in [0.5, 0.6) is 0 Å². The average Bonchev–Trinajstić information content (AvgIpc) is 2.22. The monoisotopic (exact) mass is 352 g/mol. The summed E-state index contributed by atoms with van der Waals surface area (Å²) in [5.41, 5.74) is 0.779. The molecular formula is C11H14ClIN2O. The van der Waals surface area contributed by atoms with Crippen LogP contribution < -0.4 is 10.6 Å². The molecular weight excluding hydrogens is 338 g/mol. The largest absolute Gasteiger partial charge is 0.373 e. The Labute approximate surface area is 114 Å². The van der Waals surface area contributed by atoms with E-state index in [4.69, 9.17) is 11.6 Å². The number of hydrogen-bond donors (Lipinski definition) is 2. The number of carbonyl (C=O) groups excluding carboxylic acids is 1. The minimum Gasteiger partial charge on any atom is -0.373 e. The maximum absolute atomic E-state index is 11.5. The van der Waals surface area contributed by atoms with Crippen molar-refractivity contribution in [1.29, 1.82) is 0 Å².